The zero-order valence-corrected chi connectivity index (χ0v) is 14.4. The first-order chi connectivity index (χ1) is 11.5. The molecule has 0 aromatic carbocycles. The van der Waals surface area contributed by atoms with Crippen LogP contribution in [0.3, 0.4) is 0 Å². The number of anilines is 1. The highest BCUT2D eigenvalue weighted by Crippen LogP contribution is 2.16. The molecule has 0 radical (unpaired) electrons. The van der Waals surface area contributed by atoms with Gasteiger partial charge < -0.3 is 5.32 Å². The van der Waals surface area contributed by atoms with E-state index in [1.807, 2.05) is 24.7 Å². The topological polar surface area (TPSA) is 82.6 Å². The minimum absolute atomic E-state index is 0.187. The van der Waals surface area contributed by atoms with Gasteiger partial charge in [-0.05, 0) is 13.8 Å². The Labute approximate surface area is 144 Å². The van der Waals surface area contributed by atoms with Gasteiger partial charge in [0.1, 0.15) is 0 Å². The third-order valence-corrected chi connectivity index (χ3v) is 4.00. The van der Waals surface area contributed by atoms with Gasteiger partial charge in [-0.2, -0.15) is 15.3 Å². The van der Waals surface area contributed by atoms with Crippen LogP contribution in [0.4, 0.5) is 5.69 Å². The summed E-state index contributed by atoms with van der Waals surface area (Å²) in [5, 5.41) is 15.7. The Morgan fingerprint density at radius 2 is 2.08 bits per heavy atom. The standard InChI is InChI=1S/C15H18ClN7O/c1-4-23-10(2)11(5-18-23)7-22-8-12(6-17-22)19-15(24)14-13(16)9-21(3)20-14/h5-6,8-9H,4,7H2,1-3H3,(H,19,24). The summed E-state index contributed by atoms with van der Waals surface area (Å²) >= 11 is 5.98. The SMILES string of the molecule is CCn1ncc(Cn2cc(NC(=O)c3nn(C)cc3Cl)cn2)c1C. The van der Waals surface area contributed by atoms with Crippen molar-refractivity contribution in [3.8, 4) is 0 Å². The highest BCUT2D eigenvalue weighted by atomic mass is 35.5. The maximum absolute atomic E-state index is 12.2. The molecular weight excluding hydrogens is 330 g/mol. The van der Waals surface area contributed by atoms with Crippen molar-refractivity contribution in [2.45, 2.75) is 26.9 Å². The van der Waals surface area contributed by atoms with Crippen molar-refractivity contribution in [3.05, 3.63) is 46.8 Å². The van der Waals surface area contributed by atoms with Gasteiger partial charge in [0.2, 0.25) is 0 Å². The third kappa shape index (κ3) is 3.18. The van der Waals surface area contributed by atoms with E-state index in [1.54, 1.807) is 30.3 Å². The third-order valence-electron chi connectivity index (χ3n) is 3.73. The molecule has 0 bridgehead atoms. The molecule has 8 nitrogen and oxygen atoms in total. The molecule has 0 spiro atoms. The molecule has 1 amide bonds. The number of aryl methyl sites for hydroxylation is 2. The molecule has 0 unspecified atom stereocenters. The summed E-state index contributed by atoms with van der Waals surface area (Å²) in [4.78, 5) is 12.2. The van der Waals surface area contributed by atoms with Crippen molar-refractivity contribution in [3.63, 3.8) is 0 Å². The van der Waals surface area contributed by atoms with Crippen LogP contribution in [-0.2, 0) is 20.1 Å². The number of hydrogen-bond donors (Lipinski definition) is 1. The monoisotopic (exact) mass is 347 g/mol. The van der Waals surface area contributed by atoms with Gasteiger partial charge in [-0.25, -0.2) is 0 Å². The summed E-state index contributed by atoms with van der Waals surface area (Å²) in [5.74, 6) is -0.366. The number of carbonyl (C=O) groups excluding carboxylic acids is 1. The van der Waals surface area contributed by atoms with Gasteiger partial charge in [0.25, 0.3) is 5.91 Å². The zero-order chi connectivity index (χ0) is 17.3. The predicted molar refractivity (Wildman–Crippen MR) is 90.1 cm³/mol. The van der Waals surface area contributed by atoms with E-state index in [2.05, 4.69) is 20.6 Å². The number of rotatable bonds is 5. The number of hydrogen-bond acceptors (Lipinski definition) is 4. The lowest BCUT2D eigenvalue weighted by atomic mass is 10.2. The Balaban J connectivity index is 1.70. The van der Waals surface area contributed by atoms with Crippen molar-refractivity contribution >= 4 is 23.2 Å². The first-order valence-corrected chi connectivity index (χ1v) is 7.90. The molecule has 24 heavy (non-hydrogen) atoms. The molecule has 3 aromatic rings. The van der Waals surface area contributed by atoms with Gasteiger partial charge in [0.05, 0.1) is 29.6 Å². The molecule has 0 aliphatic heterocycles. The first kappa shape index (κ1) is 16.3. The summed E-state index contributed by atoms with van der Waals surface area (Å²) < 4.78 is 5.18. The van der Waals surface area contributed by atoms with E-state index in [4.69, 9.17) is 11.6 Å². The van der Waals surface area contributed by atoms with Crippen LogP contribution in [0.2, 0.25) is 5.02 Å². The van der Waals surface area contributed by atoms with Crippen LogP contribution in [0.25, 0.3) is 0 Å². The summed E-state index contributed by atoms with van der Waals surface area (Å²) in [7, 11) is 1.71. The fourth-order valence-corrected chi connectivity index (χ4v) is 2.72. The van der Waals surface area contributed by atoms with Crippen LogP contribution in [0.5, 0.6) is 0 Å². The fourth-order valence-electron chi connectivity index (χ4n) is 2.45. The Hall–Kier alpha value is -2.61. The van der Waals surface area contributed by atoms with Gasteiger partial charge in [0, 0.05) is 37.2 Å². The molecule has 0 aliphatic carbocycles. The molecule has 3 rings (SSSR count). The van der Waals surface area contributed by atoms with E-state index >= 15 is 0 Å². The van der Waals surface area contributed by atoms with E-state index < -0.39 is 0 Å². The number of nitrogens with one attached hydrogen (secondary N) is 1. The second-order valence-electron chi connectivity index (χ2n) is 5.45. The van der Waals surface area contributed by atoms with Crippen LogP contribution in [0.15, 0.2) is 24.8 Å². The predicted octanol–water partition coefficient (Wildman–Crippen LogP) is 2.10. The molecule has 3 heterocycles. The summed E-state index contributed by atoms with van der Waals surface area (Å²) in [6, 6.07) is 0. The van der Waals surface area contributed by atoms with Gasteiger partial charge in [0.15, 0.2) is 5.69 Å². The quantitative estimate of drug-likeness (QED) is 0.766. The van der Waals surface area contributed by atoms with Crippen LogP contribution in [0.1, 0.15) is 28.7 Å². The van der Waals surface area contributed by atoms with E-state index in [1.165, 1.54) is 4.68 Å². The Kier molecular flexibility index (Phi) is 4.39. The van der Waals surface area contributed by atoms with Gasteiger partial charge in [-0.3, -0.25) is 18.8 Å². The molecule has 0 atom stereocenters. The molecule has 0 saturated carbocycles. The van der Waals surface area contributed by atoms with E-state index in [0.29, 0.717) is 17.3 Å². The molecule has 0 saturated heterocycles. The molecular formula is C15H18ClN7O. The number of carbonyl (C=O) groups is 1. The van der Waals surface area contributed by atoms with Crippen molar-refractivity contribution < 1.29 is 4.79 Å². The van der Waals surface area contributed by atoms with Gasteiger partial charge >= 0.3 is 0 Å². The second-order valence-corrected chi connectivity index (χ2v) is 5.86. The smallest absolute Gasteiger partial charge is 0.277 e. The molecule has 9 heteroatoms. The maximum Gasteiger partial charge on any atom is 0.277 e. The number of nitrogens with zero attached hydrogens (tertiary/aromatic N) is 6. The lowest BCUT2D eigenvalue weighted by Crippen LogP contribution is -2.13. The van der Waals surface area contributed by atoms with Crippen molar-refractivity contribution in [1.29, 1.82) is 0 Å². The maximum atomic E-state index is 12.2. The fraction of sp³-hybridized carbons (Fsp3) is 0.333. The average Bonchev–Trinajstić information content (AvgIpc) is 3.21. The molecule has 1 N–H and O–H groups in total. The number of amides is 1. The largest absolute Gasteiger partial charge is 0.318 e. The Morgan fingerprint density at radius 1 is 1.29 bits per heavy atom. The Bertz CT molecular complexity index is 876. The highest BCUT2D eigenvalue weighted by Gasteiger charge is 2.15. The van der Waals surface area contributed by atoms with Crippen molar-refractivity contribution in [1.82, 2.24) is 29.3 Å². The number of halogens is 1. The van der Waals surface area contributed by atoms with Crippen molar-refractivity contribution in [2.75, 3.05) is 5.32 Å². The lowest BCUT2D eigenvalue weighted by molar-refractivity contribution is 0.102. The first-order valence-electron chi connectivity index (χ1n) is 7.52. The average molecular weight is 348 g/mol. The van der Waals surface area contributed by atoms with Crippen LogP contribution in [0, 0.1) is 6.92 Å². The van der Waals surface area contributed by atoms with Crippen molar-refractivity contribution in [2.24, 2.45) is 7.05 Å². The molecule has 0 aliphatic rings. The second kappa shape index (κ2) is 6.48. The minimum Gasteiger partial charge on any atom is -0.318 e. The highest BCUT2D eigenvalue weighted by molar-refractivity contribution is 6.34. The van der Waals surface area contributed by atoms with Crippen LogP contribution < -0.4 is 5.32 Å². The Morgan fingerprint density at radius 3 is 2.71 bits per heavy atom. The van der Waals surface area contributed by atoms with Gasteiger partial charge in [-0.15, -0.1) is 0 Å². The van der Waals surface area contributed by atoms with E-state index in [-0.39, 0.29) is 11.6 Å². The summed E-state index contributed by atoms with van der Waals surface area (Å²) in [5.41, 5.74) is 2.97. The normalized spacial score (nSPS) is 11.0. The van der Waals surface area contributed by atoms with E-state index in [9.17, 15) is 4.79 Å². The minimum atomic E-state index is -0.366. The van der Waals surface area contributed by atoms with Crippen LogP contribution in [-0.4, -0.2) is 35.2 Å². The van der Waals surface area contributed by atoms with E-state index in [0.717, 1.165) is 17.8 Å². The molecule has 0 fully saturated rings. The molecule has 126 valence electrons. The lowest BCUT2D eigenvalue weighted by Gasteiger charge is -2.03. The summed E-state index contributed by atoms with van der Waals surface area (Å²) in [6.45, 7) is 5.50. The van der Waals surface area contributed by atoms with Gasteiger partial charge in [-0.1, -0.05) is 11.6 Å². The summed E-state index contributed by atoms with van der Waals surface area (Å²) in [6.07, 6.45) is 6.77. The van der Waals surface area contributed by atoms with Crippen LogP contribution >= 0.6 is 11.6 Å². The number of aromatic nitrogens is 6. The molecule has 3 aromatic heterocycles. The zero-order valence-electron chi connectivity index (χ0n) is 13.7.